The van der Waals surface area contributed by atoms with Crippen LogP contribution in [0.15, 0.2) is 11.6 Å². The standard InChI is InChI=1S/C12H24N2O3/c1-4-11(12(15)16)5-6-13-7-9-17-10-8-14(2)3/h5,13H,4,6-10H2,1-3H3,(H,15,16). The number of carboxylic acids is 1. The van der Waals surface area contributed by atoms with Gasteiger partial charge in [0, 0.05) is 25.2 Å². The first-order chi connectivity index (χ1) is 8.07. The molecule has 0 aromatic heterocycles. The van der Waals surface area contributed by atoms with Crippen molar-refractivity contribution in [2.24, 2.45) is 0 Å². The number of carboxylic acid groups (broad SMARTS) is 1. The van der Waals surface area contributed by atoms with E-state index in [1.54, 1.807) is 6.08 Å². The third kappa shape index (κ3) is 9.99. The first-order valence-corrected chi connectivity index (χ1v) is 5.93. The number of carbonyl (C=O) groups is 1. The molecule has 0 rings (SSSR count). The Morgan fingerprint density at radius 1 is 1.41 bits per heavy atom. The molecule has 0 unspecified atom stereocenters. The minimum absolute atomic E-state index is 0.450. The lowest BCUT2D eigenvalue weighted by molar-refractivity contribution is -0.132. The Morgan fingerprint density at radius 3 is 2.65 bits per heavy atom. The van der Waals surface area contributed by atoms with Crippen molar-refractivity contribution in [2.45, 2.75) is 13.3 Å². The number of nitrogens with zero attached hydrogens (tertiary/aromatic N) is 1. The predicted molar refractivity (Wildman–Crippen MR) is 68.3 cm³/mol. The van der Waals surface area contributed by atoms with Gasteiger partial charge in [-0.15, -0.1) is 0 Å². The zero-order chi connectivity index (χ0) is 13.1. The van der Waals surface area contributed by atoms with Gasteiger partial charge in [-0.25, -0.2) is 4.79 Å². The number of nitrogens with one attached hydrogen (secondary N) is 1. The molecule has 17 heavy (non-hydrogen) atoms. The van der Waals surface area contributed by atoms with Crippen molar-refractivity contribution in [2.75, 3.05) is 46.9 Å². The van der Waals surface area contributed by atoms with Crippen molar-refractivity contribution >= 4 is 5.97 Å². The molecule has 0 atom stereocenters. The Kier molecular flexibility index (Phi) is 9.71. The lowest BCUT2D eigenvalue weighted by Crippen LogP contribution is -2.23. The van der Waals surface area contributed by atoms with E-state index in [0.717, 1.165) is 19.7 Å². The first-order valence-electron chi connectivity index (χ1n) is 5.93. The molecule has 0 saturated carbocycles. The van der Waals surface area contributed by atoms with Crippen molar-refractivity contribution in [1.29, 1.82) is 0 Å². The Bertz CT molecular complexity index is 240. The van der Waals surface area contributed by atoms with E-state index < -0.39 is 5.97 Å². The van der Waals surface area contributed by atoms with Crippen molar-refractivity contribution in [3.8, 4) is 0 Å². The van der Waals surface area contributed by atoms with Gasteiger partial charge < -0.3 is 20.1 Å². The highest BCUT2D eigenvalue weighted by Crippen LogP contribution is 1.98. The van der Waals surface area contributed by atoms with Gasteiger partial charge in [0.25, 0.3) is 0 Å². The van der Waals surface area contributed by atoms with Gasteiger partial charge in [0.05, 0.1) is 13.2 Å². The van der Waals surface area contributed by atoms with E-state index in [4.69, 9.17) is 9.84 Å². The maximum atomic E-state index is 10.7. The van der Waals surface area contributed by atoms with Crippen LogP contribution in [0.2, 0.25) is 0 Å². The Morgan fingerprint density at radius 2 is 2.12 bits per heavy atom. The fourth-order valence-electron chi connectivity index (χ4n) is 1.17. The van der Waals surface area contributed by atoms with Gasteiger partial charge in [-0.05, 0) is 20.5 Å². The summed E-state index contributed by atoms with van der Waals surface area (Å²) in [5, 5.41) is 11.9. The lowest BCUT2D eigenvalue weighted by atomic mass is 10.2. The van der Waals surface area contributed by atoms with Gasteiger partial charge in [0.15, 0.2) is 0 Å². The van der Waals surface area contributed by atoms with E-state index in [1.807, 2.05) is 21.0 Å². The summed E-state index contributed by atoms with van der Waals surface area (Å²) in [6.07, 6.45) is 2.26. The first kappa shape index (κ1) is 16.1. The molecule has 0 aliphatic rings. The molecule has 0 bridgehead atoms. The van der Waals surface area contributed by atoms with Crippen LogP contribution in [0.4, 0.5) is 0 Å². The van der Waals surface area contributed by atoms with Crippen LogP contribution in [0.5, 0.6) is 0 Å². The SMILES string of the molecule is CCC(=CCNCCOCCN(C)C)C(=O)O. The molecular formula is C12H24N2O3. The Balaban J connectivity index is 3.42. The predicted octanol–water partition coefficient (Wildman–Crippen LogP) is 0.575. The van der Waals surface area contributed by atoms with E-state index >= 15 is 0 Å². The second-order valence-electron chi connectivity index (χ2n) is 4.01. The zero-order valence-corrected chi connectivity index (χ0v) is 11.0. The number of ether oxygens (including phenoxy) is 1. The van der Waals surface area contributed by atoms with Crippen LogP contribution in [0.1, 0.15) is 13.3 Å². The summed E-state index contributed by atoms with van der Waals surface area (Å²) in [4.78, 5) is 12.7. The van der Waals surface area contributed by atoms with Crippen LogP contribution in [0.3, 0.4) is 0 Å². The van der Waals surface area contributed by atoms with Crippen molar-refractivity contribution in [3.63, 3.8) is 0 Å². The minimum atomic E-state index is -0.837. The second kappa shape index (κ2) is 10.3. The normalized spacial score (nSPS) is 12.1. The quantitative estimate of drug-likeness (QED) is 0.435. The maximum absolute atomic E-state index is 10.7. The van der Waals surface area contributed by atoms with Crippen LogP contribution in [-0.2, 0) is 9.53 Å². The molecule has 0 aromatic carbocycles. The number of rotatable bonds is 10. The van der Waals surface area contributed by atoms with Crippen LogP contribution in [-0.4, -0.2) is 62.9 Å². The highest BCUT2D eigenvalue weighted by Gasteiger charge is 2.02. The molecular weight excluding hydrogens is 220 g/mol. The van der Waals surface area contributed by atoms with Gasteiger partial charge in [-0.3, -0.25) is 0 Å². The topological polar surface area (TPSA) is 61.8 Å². The minimum Gasteiger partial charge on any atom is -0.478 e. The third-order valence-corrected chi connectivity index (χ3v) is 2.25. The molecule has 0 saturated heterocycles. The molecule has 0 fully saturated rings. The number of likely N-dealkylation sites (N-methyl/N-ethyl adjacent to an activating group) is 1. The van der Waals surface area contributed by atoms with Crippen molar-refractivity contribution in [1.82, 2.24) is 10.2 Å². The third-order valence-electron chi connectivity index (χ3n) is 2.25. The van der Waals surface area contributed by atoms with Gasteiger partial charge >= 0.3 is 5.97 Å². The Labute approximate surface area is 103 Å². The zero-order valence-electron chi connectivity index (χ0n) is 11.0. The number of aliphatic carboxylic acids is 1. The van der Waals surface area contributed by atoms with E-state index in [2.05, 4.69) is 10.2 Å². The molecule has 0 radical (unpaired) electrons. The molecule has 0 spiro atoms. The summed E-state index contributed by atoms with van der Waals surface area (Å²) in [5.41, 5.74) is 0.450. The van der Waals surface area contributed by atoms with Crippen molar-refractivity contribution in [3.05, 3.63) is 11.6 Å². The van der Waals surface area contributed by atoms with Crippen LogP contribution in [0.25, 0.3) is 0 Å². The Hall–Kier alpha value is -0.910. The molecule has 5 heteroatoms. The molecule has 0 amide bonds. The summed E-state index contributed by atoms with van der Waals surface area (Å²) in [6.45, 7) is 5.44. The van der Waals surface area contributed by atoms with E-state index in [1.165, 1.54) is 0 Å². The highest BCUT2D eigenvalue weighted by molar-refractivity contribution is 5.86. The highest BCUT2D eigenvalue weighted by atomic mass is 16.5. The van der Waals surface area contributed by atoms with Gasteiger partial charge in [-0.1, -0.05) is 13.0 Å². The van der Waals surface area contributed by atoms with Crippen molar-refractivity contribution < 1.29 is 14.6 Å². The largest absolute Gasteiger partial charge is 0.478 e. The summed E-state index contributed by atoms with van der Waals surface area (Å²) in [6, 6.07) is 0. The average molecular weight is 244 g/mol. The maximum Gasteiger partial charge on any atom is 0.331 e. The van der Waals surface area contributed by atoms with Crippen LogP contribution in [0, 0.1) is 0 Å². The van der Waals surface area contributed by atoms with E-state index in [0.29, 0.717) is 25.1 Å². The summed E-state index contributed by atoms with van der Waals surface area (Å²) < 4.78 is 5.38. The summed E-state index contributed by atoms with van der Waals surface area (Å²) in [5.74, 6) is -0.837. The lowest BCUT2D eigenvalue weighted by Gasteiger charge is -2.09. The van der Waals surface area contributed by atoms with E-state index in [9.17, 15) is 4.79 Å². The fourth-order valence-corrected chi connectivity index (χ4v) is 1.17. The van der Waals surface area contributed by atoms with Gasteiger partial charge in [0.2, 0.25) is 0 Å². The molecule has 5 nitrogen and oxygen atoms in total. The second-order valence-corrected chi connectivity index (χ2v) is 4.01. The molecule has 0 aromatic rings. The molecule has 0 aliphatic carbocycles. The van der Waals surface area contributed by atoms with Crippen LogP contribution >= 0.6 is 0 Å². The summed E-state index contributed by atoms with van der Waals surface area (Å²) >= 11 is 0. The fraction of sp³-hybridized carbons (Fsp3) is 0.750. The van der Waals surface area contributed by atoms with E-state index in [-0.39, 0.29) is 0 Å². The number of hydrogen-bond acceptors (Lipinski definition) is 4. The van der Waals surface area contributed by atoms with Gasteiger partial charge in [-0.2, -0.15) is 0 Å². The smallest absolute Gasteiger partial charge is 0.331 e. The molecule has 0 heterocycles. The monoisotopic (exact) mass is 244 g/mol. The van der Waals surface area contributed by atoms with Gasteiger partial charge in [0.1, 0.15) is 0 Å². The summed E-state index contributed by atoms with van der Waals surface area (Å²) in [7, 11) is 4.01. The average Bonchev–Trinajstić information content (AvgIpc) is 2.26. The molecule has 2 N–H and O–H groups in total. The number of hydrogen-bond donors (Lipinski definition) is 2. The molecule has 0 aliphatic heterocycles. The molecule has 100 valence electrons. The van der Waals surface area contributed by atoms with Crippen LogP contribution < -0.4 is 5.32 Å².